The van der Waals surface area contributed by atoms with Gasteiger partial charge in [0, 0.05) is 57.6 Å². The fraction of sp³-hybridized carbons (Fsp3) is 0.444. The number of piperidine rings is 1. The number of hydrogen-bond donors (Lipinski definition) is 0. The first kappa shape index (κ1) is 15.6. The number of aryl methyl sites for hydroxylation is 1. The predicted octanol–water partition coefficient (Wildman–Crippen LogP) is 2.51. The third kappa shape index (κ3) is 3.38. The van der Waals surface area contributed by atoms with Crippen LogP contribution in [-0.4, -0.2) is 47.8 Å². The van der Waals surface area contributed by atoms with Crippen LogP contribution in [-0.2, 0) is 7.05 Å². The summed E-state index contributed by atoms with van der Waals surface area (Å²) < 4.78 is 1.83. The molecule has 122 valence electrons. The molecule has 1 aromatic heterocycles. The molecule has 2 heterocycles. The molecule has 1 saturated heterocycles. The highest BCUT2D eigenvalue weighted by molar-refractivity contribution is 5.95. The Morgan fingerprint density at radius 3 is 2.87 bits per heavy atom. The second-order valence-electron chi connectivity index (χ2n) is 6.48. The highest BCUT2D eigenvalue weighted by Crippen LogP contribution is 2.27. The molecule has 0 N–H and O–H groups in total. The minimum absolute atomic E-state index is 0.127. The van der Waals surface area contributed by atoms with Crippen LogP contribution >= 0.6 is 0 Å². The lowest BCUT2D eigenvalue weighted by atomic mass is 9.92. The summed E-state index contributed by atoms with van der Waals surface area (Å²) in [6.07, 6.45) is 6.14. The van der Waals surface area contributed by atoms with Gasteiger partial charge in [0.05, 0.1) is 6.20 Å². The minimum Gasteiger partial charge on any atom is -0.378 e. The van der Waals surface area contributed by atoms with E-state index >= 15 is 0 Å². The van der Waals surface area contributed by atoms with Crippen molar-refractivity contribution in [1.29, 1.82) is 0 Å². The predicted molar refractivity (Wildman–Crippen MR) is 91.9 cm³/mol. The monoisotopic (exact) mass is 312 g/mol. The molecule has 3 rings (SSSR count). The Morgan fingerprint density at radius 2 is 2.17 bits per heavy atom. The molecule has 0 aliphatic carbocycles. The van der Waals surface area contributed by atoms with Gasteiger partial charge in [0.2, 0.25) is 0 Å². The summed E-state index contributed by atoms with van der Waals surface area (Å²) in [5, 5.41) is 4.26. The molecule has 0 spiro atoms. The lowest BCUT2D eigenvalue weighted by molar-refractivity contribution is 0.0707. The summed E-state index contributed by atoms with van der Waals surface area (Å²) in [6.45, 7) is 1.61. The molecular weight excluding hydrogens is 288 g/mol. The molecule has 2 aromatic rings. The van der Waals surface area contributed by atoms with Crippen molar-refractivity contribution in [2.75, 3.05) is 32.1 Å². The van der Waals surface area contributed by atoms with E-state index in [9.17, 15) is 4.79 Å². The number of hydrogen-bond acceptors (Lipinski definition) is 3. The van der Waals surface area contributed by atoms with Crippen molar-refractivity contribution in [2.24, 2.45) is 7.05 Å². The van der Waals surface area contributed by atoms with E-state index in [1.807, 2.05) is 66.1 Å². The van der Waals surface area contributed by atoms with Gasteiger partial charge in [-0.15, -0.1) is 0 Å². The van der Waals surface area contributed by atoms with Gasteiger partial charge < -0.3 is 9.80 Å². The maximum absolute atomic E-state index is 12.8. The molecule has 5 heteroatoms. The Bertz CT molecular complexity index is 692. The number of anilines is 1. The van der Waals surface area contributed by atoms with Gasteiger partial charge >= 0.3 is 0 Å². The number of carbonyl (C=O) groups excluding carboxylic acids is 1. The van der Waals surface area contributed by atoms with E-state index in [2.05, 4.69) is 11.3 Å². The van der Waals surface area contributed by atoms with Crippen molar-refractivity contribution in [2.45, 2.75) is 18.8 Å². The van der Waals surface area contributed by atoms with Crippen LogP contribution in [0.5, 0.6) is 0 Å². The zero-order chi connectivity index (χ0) is 16.4. The molecule has 23 heavy (non-hydrogen) atoms. The SMILES string of the molecule is CN(C)c1cccc(C(=O)N2CCCC(c3cnn(C)c3)C2)c1. The van der Waals surface area contributed by atoms with Crippen LogP contribution in [0.15, 0.2) is 36.7 Å². The number of likely N-dealkylation sites (tertiary alicyclic amines) is 1. The molecule has 1 unspecified atom stereocenters. The summed E-state index contributed by atoms with van der Waals surface area (Å²) in [5.74, 6) is 0.515. The van der Waals surface area contributed by atoms with Crippen LogP contribution in [0.3, 0.4) is 0 Å². The van der Waals surface area contributed by atoms with Crippen LogP contribution in [0.4, 0.5) is 5.69 Å². The summed E-state index contributed by atoms with van der Waals surface area (Å²) in [5.41, 5.74) is 3.05. The van der Waals surface area contributed by atoms with Gasteiger partial charge in [0.15, 0.2) is 0 Å². The number of aromatic nitrogens is 2. The van der Waals surface area contributed by atoms with Crippen LogP contribution in [0, 0.1) is 0 Å². The van der Waals surface area contributed by atoms with Gasteiger partial charge in [-0.05, 0) is 36.6 Å². The van der Waals surface area contributed by atoms with Gasteiger partial charge in [0.1, 0.15) is 0 Å². The van der Waals surface area contributed by atoms with E-state index in [0.29, 0.717) is 5.92 Å². The lowest BCUT2D eigenvalue weighted by Crippen LogP contribution is -2.39. The Hall–Kier alpha value is -2.30. The molecule has 0 saturated carbocycles. The molecule has 0 radical (unpaired) electrons. The van der Waals surface area contributed by atoms with Crippen LogP contribution in [0.2, 0.25) is 0 Å². The summed E-state index contributed by atoms with van der Waals surface area (Å²) in [7, 11) is 5.91. The normalized spacial score (nSPS) is 18.0. The topological polar surface area (TPSA) is 41.4 Å². The molecule has 1 atom stereocenters. The van der Waals surface area contributed by atoms with E-state index in [1.165, 1.54) is 5.56 Å². The second kappa shape index (κ2) is 6.44. The van der Waals surface area contributed by atoms with Gasteiger partial charge in [-0.1, -0.05) is 6.07 Å². The highest BCUT2D eigenvalue weighted by Gasteiger charge is 2.26. The third-order valence-electron chi connectivity index (χ3n) is 4.51. The Labute approximate surface area is 137 Å². The van der Waals surface area contributed by atoms with E-state index in [4.69, 9.17) is 0 Å². The molecule has 1 aliphatic rings. The Kier molecular flexibility index (Phi) is 4.37. The maximum Gasteiger partial charge on any atom is 0.253 e. The molecule has 1 aromatic carbocycles. The van der Waals surface area contributed by atoms with Crippen LogP contribution < -0.4 is 4.90 Å². The van der Waals surface area contributed by atoms with Gasteiger partial charge in [0.25, 0.3) is 5.91 Å². The summed E-state index contributed by atoms with van der Waals surface area (Å²) in [6, 6.07) is 7.84. The van der Waals surface area contributed by atoms with Crippen molar-refractivity contribution in [3.8, 4) is 0 Å². The molecule has 0 bridgehead atoms. The van der Waals surface area contributed by atoms with Crippen molar-refractivity contribution in [1.82, 2.24) is 14.7 Å². The average Bonchev–Trinajstić information content (AvgIpc) is 3.01. The van der Waals surface area contributed by atoms with Crippen molar-refractivity contribution in [3.63, 3.8) is 0 Å². The Morgan fingerprint density at radius 1 is 1.35 bits per heavy atom. The second-order valence-corrected chi connectivity index (χ2v) is 6.48. The van der Waals surface area contributed by atoms with Gasteiger partial charge in [-0.3, -0.25) is 9.48 Å². The number of amides is 1. The molecule has 1 fully saturated rings. The first-order valence-corrected chi connectivity index (χ1v) is 8.10. The van der Waals surface area contributed by atoms with Crippen molar-refractivity contribution in [3.05, 3.63) is 47.8 Å². The molecule has 1 amide bonds. The van der Waals surface area contributed by atoms with Crippen LogP contribution in [0.25, 0.3) is 0 Å². The quantitative estimate of drug-likeness (QED) is 0.874. The largest absolute Gasteiger partial charge is 0.378 e. The highest BCUT2D eigenvalue weighted by atomic mass is 16.2. The first-order chi connectivity index (χ1) is 11.0. The Balaban J connectivity index is 1.75. The first-order valence-electron chi connectivity index (χ1n) is 8.10. The van der Waals surface area contributed by atoms with E-state index in [1.54, 1.807) is 0 Å². The number of nitrogens with zero attached hydrogens (tertiary/aromatic N) is 4. The molecular formula is C18H24N4O. The standard InChI is InChI=1S/C18H24N4O/c1-20(2)17-8-4-6-14(10-17)18(23)22-9-5-7-15(13-22)16-11-19-21(3)12-16/h4,6,8,10-12,15H,5,7,9,13H2,1-3H3. The van der Waals surface area contributed by atoms with E-state index in [0.717, 1.165) is 37.2 Å². The fourth-order valence-electron chi connectivity index (χ4n) is 3.18. The zero-order valence-corrected chi connectivity index (χ0v) is 14.1. The smallest absolute Gasteiger partial charge is 0.253 e. The van der Waals surface area contributed by atoms with Crippen molar-refractivity contribution < 1.29 is 4.79 Å². The van der Waals surface area contributed by atoms with E-state index in [-0.39, 0.29) is 5.91 Å². The number of carbonyl (C=O) groups is 1. The number of benzene rings is 1. The number of rotatable bonds is 3. The van der Waals surface area contributed by atoms with Gasteiger partial charge in [-0.2, -0.15) is 5.10 Å². The van der Waals surface area contributed by atoms with Gasteiger partial charge in [-0.25, -0.2) is 0 Å². The summed E-state index contributed by atoms with van der Waals surface area (Å²) in [4.78, 5) is 16.8. The molecule has 5 nitrogen and oxygen atoms in total. The van der Waals surface area contributed by atoms with E-state index < -0.39 is 0 Å². The molecule has 1 aliphatic heterocycles. The fourth-order valence-corrected chi connectivity index (χ4v) is 3.18. The maximum atomic E-state index is 12.8. The third-order valence-corrected chi connectivity index (χ3v) is 4.51. The minimum atomic E-state index is 0.127. The zero-order valence-electron chi connectivity index (χ0n) is 14.1. The summed E-state index contributed by atoms with van der Waals surface area (Å²) >= 11 is 0. The lowest BCUT2D eigenvalue weighted by Gasteiger charge is -2.32. The van der Waals surface area contributed by atoms with Crippen LogP contribution in [0.1, 0.15) is 34.7 Å². The van der Waals surface area contributed by atoms with Crippen molar-refractivity contribution >= 4 is 11.6 Å². The average molecular weight is 312 g/mol.